The number of hydrogen-bond acceptors (Lipinski definition) is 3. The smallest absolute Gasteiger partial charge is 1.00 e. The minimum Gasteiger partial charge on any atom is -1.00 e. The minimum absolute atomic E-state index is 0. The second-order valence-electron chi connectivity index (χ2n) is 1.06. The van der Waals surface area contributed by atoms with Crippen LogP contribution in [0.25, 0.3) is 0 Å². The van der Waals surface area contributed by atoms with Crippen LogP contribution in [0.1, 0.15) is 2.85 Å². The summed E-state index contributed by atoms with van der Waals surface area (Å²) < 4.78 is 22.2. The normalized spacial score (nSPS) is 9.54. The SMILES string of the molecule is O=P(O)(O)OP(=O)(O)O.[H-].[H-].[Li+].[Li+].[V].[V]. The zero-order chi connectivity index (χ0) is 7.71. The summed E-state index contributed by atoms with van der Waals surface area (Å²) in [5.74, 6) is 0. The third-order valence-corrected chi connectivity index (χ3v) is 1.91. The Hall–Kier alpha value is 2.62. The summed E-state index contributed by atoms with van der Waals surface area (Å²) in [4.78, 5) is 31.0. The van der Waals surface area contributed by atoms with Crippen LogP contribution < -0.4 is 37.7 Å². The van der Waals surface area contributed by atoms with Gasteiger partial charge in [-0.1, -0.05) is 0 Å². The van der Waals surface area contributed by atoms with E-state index >= 15 is 0 Å². The number of rotatable bonds is 2. The standard InChI is InChI=1S/2Li.H4O7P2.2V.2H/c;;1-8(2,3)7-9(4,5)6;;;;/h;;(H2,1,2,3)(H2,4,5,6);;;;/q2*+1;;;;2*-1. The Morgan fingerprint density at radius 3 is 1.00 bits per heavy atom. The number of phosphoric acid groups is 2. The van der Waals surface area contributed by atoms with Gasteiger partial charge in [0.2, 0.25) is 0 Å². The van der Waals surface area contributed by atoms with Gasteiger partial charge >= 0.3 is 53.4 Å². The molecule has 0 saturated heterocycles. The van der Waals surface area contributed by atoms with Crippen molar-refractivity contribution in [2.45, 2.75) is 0 Å². The van der Waals surface area contributed by atoms with Gasteiger partial charge in [-0.05, 0) is 0 Å². The molecule has 0 unspecified atom stereocenters. The van der Waals surface area contributed by atoms with Crippen molar-refractivity contribution in [1.29, 1.82) is 0 Å². The quantitative estimate of drug-likeness (QED) is 0.295. The Bertz CT molecular complexity index is 171. The molecule has 7 nitrogen and oxygen atoms in total. The van der Waals surface area contributed by atoms with Gasteiger partial charge in [0, 0.05) is 37.1 Å². The van der Waals surface area contributed by atoms with Crippen molar-refractivity contribution in [1.82, 2.24) is 0 Å². The molecule has 0 aliphatic carbocycles. The van der Waals surface area contributed by atoms with E-state index in [9.17, 15) is 9.13 Å². The van der Waals surface area contributed by atoms with E-state index < -0.39 is 15.6 Å². The fraction of sp³-hybridized carbons (Fsp3) is 0. The molecule has 13 heavy (non-hydrogen) atoms. The summed E-state index contributed by atoms with van der Waals surface area (Å²) in [5, 5.41) is 0. The molecule has 0 aliphatic rings. The first-order valence-electron chi connectivity index (χ1n) is 1.53. The molecule has 0 aliphatic heterocycles. The molecule has 2 radical (unpaired) electrons. The second-order valence-corrected chi connectivity index (χ2v) is 3.68. The van der Waals surface area contributed by atoms with Crippen LogP contribution in [0.2, 0.25) is 0 Å². The maximum Gasteiger partial charge on any atom is 1.00 e. The zero-order valence-electron chi connectivity index (χ0n) is 8.80. The van der Waals surface area contributed by atoms with Gasteiger partial charge in [-0.2, -0.15) is 4.31 Å². The third kappa shape index (κ3) is 31.3. The summed E-state index contributed by atoms with van der Waals surface area (Å²) in [5.41, 5.74) is 0. The molecule has 13 heteroatoms. The fourth-order valence-electron chi connectivity index (χ4n) is 0.139. The molecule has 0 bridgehead atoms. The Kier molecular flexibility index (Phi) is 25.3. The van der Waals surface area contributed by atoms with E-state index in [2.05, 4.69) is 4.31 Å². The van der Waals surface area contributed by atoms with Crippen LogP contribution in [-0.2, 0) is 50.6 Å². The molecule has 0 atom stereocenters. The van der Waals surface area contributed by atoms with E-state index in [-0.39, 0.29) is 77.7 Å². The van der Waals surface area contributed by atoms with Crippen molar-refractivity contribution in [2.75, 3.05) is 0 Å². The summed E-state index contributed by atoms with van der Waals surface area (Å²) >= 11 is 0. The van der Waals surface area contributed by atoms with E-state index in [1.807, 2.05) is 0 Å². The van der Waals surface area contributed by atoms with Gasteiger partial charge < -0.3 is 22.4 Å². The predicted molar refractivity (Wildman–Crippen MR) is 27.4 cm³/mol. The van der Waals surface area contributed by atoms with Crippen LogP contribution in [0.15, 0.2) is 0 Å². The van der Waals surface area contributed by atoms with Crippen molar-refractivity contribution in [3.05, 3.63) is 0 Å². The van der Waals surface area contributed by atoms with Crippen LogP contribution in [0.4, 0.5) is 0 Å². The average Bonchev–Trinajstić information content (AvgIpc) is 1.14. The fourth-order valence-corrected chi connectivity index (χ4v) is 1.25. The zero-order valence-corrected chi connectivity index (χ0v) is 11.4. The van der Waals surface area contributed by atoms with Crippen LogP contribution in [0, 0.1) is 0 Å². The van der Waals surface area contributed by atoms with Crippen LogP contribution in [-0.4, -0.2) is 19.6 Å². The molecule has 0 aromatic rings. The summed E-state index contributed by atoms with van der Waals surface area (Å²) in [6.07, 6.45) is 0. The molecular weight excluding hydrogens is 290 g/mol. The minimum atomic E-state index is -5.05. The first kappa shape index (κ1) is 29.6. The first-order chi connectivity index (χ1) is 3.71. The molecule has 0 aromatic carbocycles. The molecule has 70 valence electrons. The van der Waals surface area contributed by atoms with Crippen LogP contribution in [0.5, 0.6) is 0 Å². The largest absolute Gasteiger partial charge is 1.00 e. The summed E-state index contributed by atoms with van der Waals surface area (Å²) in [7, 11) is -10.1. The van der Waals surface area contributed by atoms with E-state index in [0.29, 0.717) is 0 Å². The molecule has 0 spiro atoms. The Balaban J connectivity index is -0.0000000213. The maximum absolute atomic E-state index is 9.63. The van der Waals surface area contributed by atoms with Crippen molar-refractivity contribution >= 4 is 15.6 Å². The van der Waals surface area contributed by atoms with E-state index in [4.69, 9.17) is 19.6 Å². The Morgan fingerprint density at radius 1 is 0.846 bits per heavy atom. The molecule has 0 aromatic heterocycles. The average molecular weight is 296 g/mol. The predicted octanol–water partition coefficient (Wildman–Crippen LogP) is -6.58. The first-order valence-corrected chi connectivity index (χ1v) is 4.59. The van der Waals surface area contributed by atoms with Gasteiger partial charge in [0.1, 0.15) is 0 Å². The molecule has 0 rings (SSSR count). The molecule has 0 heterocycles. The molecule has 0 saturated carbocycles. The Labute approximate surface area is 125 Å². The topological polar surface area (TPSA) is 124 Å². The second kappa shape index (κ2) is 11.1. The molecule has 0 fully saturated rings. The monoisotopic (exact) mass is 296 g/mol. The molecule has 4 N–H and O–H groups in total. The van der Waals surface area contributed by atoms with Gasteiger partial charge in [0.25, 0.3) is 0 Å². The van der Waals surface area contributed by atoms with Gasteiger partial charge in [-0.3, -0.25) is 0 Å². The van der Waals surface area contributed by atoms with E-state index in [1.54, 1.807) is 0 Å². The van der Waals surface area contributed by atoms with Gasteiger partial charge in [-0.15, -0.1) is 0 Å². The van der Waals surface area contributed by atoms with E-state index in [0.717, 1.165) is 0 Å². The molecule has 0 amide bonds. The van der Waals surface area contributed by atoms with E-state index in [1.165, 1.54) is 0 Å². The van der Waals surface area contributed by atoms with Crippen LogP contribution >= 0.6 is 15.6 Å². The van der Waals surface area contributed by atoms with Crippen molar-refractivity contribution in [3.63, 3.8) is 0 Å². The van der Waals surface area contributed by atoms with Crippen molar-refractivity contribution in [3.8, 4) is 0 Å². The van der Waals surface area contributed by atoms with Gasteiger partial charge in [0.15, 0.2) is 0 Å². The van der Waals surface area contributed by atoms with Crippen LogP contribution in [0.3, 0.4) is 0 Å². The summed E-state index contributed by atoms with van der Waals surface area (Å²) in [6.45, 7) is 0. The third-order valence-electron chi connectivity index (χ3n) is 0.213. The molecular formula is H6Li2O7P2V2. The van der Waals surface area contributed by atoms with Gasteiger partial charge in [-0.25, -0.2) is 9.13 Å². The number of hydrogen-bond donors (Lipinski definition) is 4. The van der Waals surface area contributed by atoms with Crippen molar-refractivity contribution < 1.29 is 111 Å². The Morgan fingerprint density at radius 2 is 1.00 bits per heavy atom. The maximum atomic E-state index is 9.63. The van der Waals surface area contributed by atoms with Crippen molar-refractivity contribution in [2.24, 2.45) is 0 Å². The van der Waals surface area contributed by atoms with Gasteiger partial charge in [0.05, 0.1) is 0 Å². The summed E-state index contributed by atoms with van der Waals surface area (Å²) in [6, 6.07) is 0.